The fraction of sp³-hybridized carbons (Fsp3) is 0.417. The summed E-state index contributed by atoms with van der Waals surface area (Å²) in [5.74, 6) is -1.41. The van der Waals surface area contributed by atoms with Crippen molar-refractivity contribution in [3.63, 3.8) is 0 Å². The lowest BCUT2D eigenvalue weighted by atomic mass is 10.1. The van der Waals surface area contributed by atoms with Crippen molar-refractivity contribution < 1.29 is 13.6 Å². The molecule has 0 bridgehead atoms. The largest absolute Gasteiger partial charge is 0.358 e. The zero-order chi connectivity index (χ0) is 13.0. The van der Waals surface area contributed by atoms with Crippen LogP contribution in [0.25, 0.3) is 0 Å². The molecule has 3 nitrogen and oxygen atoms in total. The second kappa shape index (κ2) is 5.72. The summed E-state index contributed by atoms with van der Waals surface area (Å²) in [4.78, 5) is 11.3. The van der Waals surface area contributed by atoms with Gasteiger partial charge in [-0.1, -0.05) is 6.07 Å². The van der Waals surface area contributed by atoms with Crippen LogP contribution in [-0.4, -0.2) is 19.0 Å². The number of likely N-dealkylation sites (N-methyl/N-ethyl adjacent to an activating group) is 1. The Bertz CT molecular complexity index is 409. The lowest BCUT2D eigenvalue weighted by molar-refractivity contribution is -0.122. The molecule has 1 aromatic carbocycles. The van der Waals surface area contributed by atoms with E-state index in [1.165, 1.54) is 19.2 Å². The van der Waals surface area contributed by atoms with Gasteiger partial charge in [-0.15, -0.1) is 0 Å². The highest BCUT2D eigenvalue weighted by Gasteiger charge is 2.17. The zero-order valence-electron chi connectivity index (χ0n) is 10.1. The van der Waals surface area contributed by atoms with E-state index in [9.17, 15) is 13.6 Å². The van der Waals surface area contributed by atoms with Crippen molar-refractivity contribution in [2.45, 2.75) is 25.9 Å². The zero-order valence-corrected chi connectivity index (χ0v) is 10.1. The summed E-state index contributed by atoms with van der Waals surface area (Å²) in [5, 5.41) is 5.42. The highest BCUT2D eigenvalue weighted by Crippen LogP contribution is 2.18. The molecule has 0 fully saturated rings. The molecule has 94 valence electrons. The average Bonchev–Trinajstić information content (AvgIpc) is 2.27. The van der Waals surface area contributed by atoms with E-state index in [1.807, 2.05) is 0 Å². The second-order valence-corrected chi connectivity index (χ2v) is 3.89. The van der Waals surface area contributed by atoms with Gasteiger partial charge < -0.3 is 5.32 Å². The van der Waals surface area contributed by atoms with Crippen LogP contribution in [0.15, 0.2) is 18.2 Å². The molecule has 17 heavy (non-hydrogen) atoms. The van der Waals surface area contributed by atoms with E-state index < -0.39 is 17.7 Å². The molecular weight excluding hydrogens is 226 g/mol. The summed E-state index contributed by atoms with van der Waals surface area (Å²) in [6.07, 6.45) is 0. The Labute approximate surface area is 99.2 Å². The molecule has 0 spiro atoms. The van der Waals surface area contributed by atoms with E-state index in [1.54, 1.807) is 13.8 Å². The number of carbonyl (C=O) groups is 1. The molecule has 1 amide bonds. The first-order valence-electron chi connectivity index (χ1n) is 5.38. The van der Waals surface area contributed by atoms with Crippen molar-refractivity contribution in [2.75, 3.05) is 7.05 Å². The van der Waals surface area contributed by atoms with Crippen LogP contribution in [0, 0.1) is 11.6 Å². The van der Waals surface area contributed by atoms with Gasteiger partial charge in [-0.3, -0.25) is 10.1 Å². The van der Waals surface area contributed by atoms with Crippen molar-refractivity contribution in [3.8, 4) is 0 Å². The lowest BCUT2D eigenvalue weighted by Crippen LogP contribution is -2.41. The van der Waals surface area contributed by atoms with E-state index in [0.717, 1.165) is 6.07 Å². The van der Waals surface area contributed by atoms with Gasteiger partial charge in [-0.25, -0.2) is 8.78 Å². The normalized spacial score (nSPS) is 14.2. The van der Waals surface area contributed by atoms with Crippen LogP contribution in [0.2, 0.25) is 0 Å². The molecule has 1 aromatic rings. The Morgan fingerprint density at radius 3 is 2.47 bits per heavy atom. The van der Waals surface area contributed by atoms with Gasteiger partial charge in [0, 0.05) is 24.7 Å². The van der Waals surface area contributed by atoms with Gasteiger partial charge in [-0.05, 0) is 19.9 Å². The standard InChI is InChI=1S/C12H16F2N2O/c1-7(16-8(2)12(17)15-3)10-5-4-9(13)6-11(10)14/h4-8,16H,1-3H3,(H,15,17). The van der Waals surface area contributed by atoms with E-state index >= 15 is 0 Å². The maximum atomic E-state index is 13.5. The van der Waals surface area contributed by atoms with E-state index in [4.69, 9.17) is 0 Å². The molecule has 5 heteroatoms. The Hall–Kier alpha value is -1.49. The van der Waals surface area contributed by atoms with Gasteiger partial charge in [0.15, 0.2) is 0 Å². The molecule has 0 radical (unpaired) electrons. The molecule has 2 N–H and O–H groups in total. The highest BCUT2D eigenvalue weighted by molar-refractivity contribution is 5.80. The number of halogens is 2. The van der Waals surface area contributed by atoms with Crippen molar-refractivity contribution >= 4 is 5.91 Å². The van der Waals surface area contributed by atoms with Crippen LogP contribution in [-0.2, 0) is 4.79 Å². The Morgan fingerprint density at radius 2 is 1.94 bits per heavy atom. The maximum Gasteiger partial charge on any atom is 0.236 e. The van der Waals surface area contributed by atoms with Crippen LogP contribution < -0.4 is 10.6 Å². The Balaban J connectivity index is 2.76. The van der Waals surface area contributed by atoms with Gasteiger partial charge in [0.2, 0.25) is 5.91 Å². The molecule has 0 aromatic heterocycles. The van der Waals surface area contributed by atoms with Crippen molar-refractivity contribution in [1.82, 2.24) is 10.6 Å². The number of benzene rings is 1. The quantitative estimate of drug-likeness (QED) is 0.844. The smallest absolute Gasteiger partial charge is 0.236 e. The van der Waals surface area contributed by atoms with Crippen molar-refractivity contribution in [3.05, 3.63) is 35.4 Å². The Kier molecular flexibility index (Phi) is 4.57. The van der Waals surface area contributed by atoms with E-state index in [0.29, 0.717) is 5.56 Å². The van der Waals surface area contributed by atoms with Crippen LogP contribution in [0.5, 0.6) is 0 Å². The minimum Gasteiger partial charge on any atom is -0.358 e. The summed E-state index contributed by atoms with van der Waals surface area (Å²) in [5.41, 5.74) is 0.335. The molecular formula is C12H16F2N2O. The summed E-state index contributed by atoms with van der Waals surface area (Å²) in [6.45, 7) is 3.40. The SMILES string of the molecule is CNC(=O)C(C)NC(C)c1ccc(F)cc1F. The number of rotatable bonds is 4. The predicted molar refractivity (Wildman–Crippen MR) is 61.4 cm³/mol. The fourth-order valence-electron chi connectivity index (χ4n) is 1.61. The van der Waals surface area contributed by atoms with Crippen LogP contribution in [0.1, 0.15) is 25.5 Å². The molecule has 0 aliphatic carbocycles. The number of hydrogen-bond donors (Lipinski definition) is 2. The average molecular weight is 242 g/mol. The molecule has 0 aliphatic heterocycles. The first-order valence-corrected chi connectivity index (χ1v) is 5.38. The van der Waals surface area contributed by atoms with E-state index in [-0.39, 0.29) is 11.9 Å². The third-order valence-electron chi connectivity index (χ3n) is 2.57. The summed E-state index contributed by atoms with van der Waals surface area (Å²) in [6, 6.07) is 2.58. The van der Waals surface area contributed by atoms with Gasteiger partial charge >= 0.3 is 0 Å². The molecule has 0 saturated heterocycles. The predicted octanol–water partition coefficient (Wildman–Crippen LogP) is 1.75. The van der Waals surface area contributed by atoms with Gasteiger partial charge in [0.05, 0.1) is 6.04 Å². The van der Waals surface area contributed by atoms with Crippen LogP contribution in [0.4, 0.5) is 8.78 Å². The van der Waals surface area contributed by atoms with Gasteiger partial charge in [-0.2, -0.15) is 0 Å². The van der Waals surface area contributed by atoms with E-state index in [2.05, 4.69) is 10.6 Å². The molecule has 0 aliphatic rings. The third kappa shape index (κ3) is 3.49. The summed E-state index contributed by atoms with van der Waals surface area (Å²) < 4.78 is 26.2. The minimum atomic E-state index is -0.617. The number of hydrogen-bond acceptors (Lipinski definition) is 2. The second-order valence-electron chi connectivity index (χ2n) is 3.89. The number of carbonyl (C=O) groups excluding carboxylic acids is 1. The lowest BCUT2D eigenvalue weighted by Gasteiger charge is -2.19. The van der Waals surface area contributed by atoms with Crippen LogP contribution in [0.3, 0.4) is 0 Å². The molecule has 1 rings (SSSR count). The topological polar surface area (TPSA) is 41.1 Å². The molecule has 2 atom stereocenters. The third-order valence-corrected chi connectivity index (χ3v) is 2.57. The summed E-state index contributed by atoms with van der Waals surface area (Å²) >= 11 is 0. The monoisotopic (exact) mass is 242 g/mol. The first-order chi connectivity index (χ1) is 7.95. The first kappa shape index (κ1) is 13.6. The molecule has 0 saturated carbocycles. The number of amides is 1. The maximum absolute atomic E-state index is 13.5. The molecule has 0 heterocycles. The van der Waals surface area contributed by atoms with Gasteiger partial charge in [0.25, 0.3) is 0 Å². The van der Waals surface area contributed by atoms with Gasteiger partial charge in [0.1, 0.15) is 11.6 Å². The highest BCUT2D eigenvalue weighted by atomic mass is 19.1. The minimum absolute atomic E-state index is 0.181. The van der Waals surface area contributed by atoms with Crippen LogP contribution >= 0.6 is 0 Å². The fourth-order valence-corrected chi connectivity index (χ4v) is 1.61. The Morgan fingerprint density at radius 1 is 1.29 bits per heavy atom. The van der Waals surface area contributed by atoms with Crippen molar-refractivity contribution in [1.29, 1.82) is 0 Å². The summed E-state index contributed by atoms with van der Waals surface area (Å²) in [7, 11) is 1.53. The molecule has 2 unspecified atom stereocenters. The van der Waals surface area contributed by atoms with Crippen molar-refractivity contribution in [2.24, 2.45) is 0 Å². The number of nitrogens with one attached hydrogen (secondary N) is 2.